The fourth-order valence-corrected chi connectivity index (χ4v) is 1.57. The van der Waals surface area contributed by atoms with Gasteiger partial charge in [0.1, 0.15) is 5.82 Å². The first kappa shape index (κ1) is 7.37. The standard InChI is InChI=1S/C9H9N5/c10-8-5-7-1-3-13-4-2-11-9(13)6-14(7)12-8/h1-3,5-6H,4H2,(H2,10,12). The second-order valence-electron chi connectivity index (χ2n) is 3.21. The fourth-order valence-electron chi connectivity index (χ4n) is 1.57. The van der Waals surface area contributed by atoms with Crippen LogP contribution >= 0.6 is 0 Å². The van der Waals surface area contributed by atoms with Gasteiger partial charge in [0.15, 0.2) is 5.82 Å². The smallest absolute Gasteiger partial charge is 0.151 e. The molecule has 70 valence electrons. The first-order chi connectivity index (χ1) is 6.83. The van der Waals surface area contributed by atoms with E-state index in [0.717, 1.165) is 18.1 Å². The second kappa shape index (κ2) is 2.47. The minimum Gasteiger partial charge on any atom is -0.382 e. The summed E-state index contributed by atoms with van der Waals surface area (Å²) in [6.45, 7) is 0.822. The molecule has 0 amide bonds. The highest BCUT2D eigenvalue weighted by Crippen LogP contribution is 2.20. The Bertz CT molecular complexity index is 466. The van der Waals surface area contributed by atoms with Crippen LogP contribution in [0.25, 0.3) is 12.3 Å². The minimum absolute atomic E-state index is 0.525. The van der Waals surface area contributed by atoms with E-state index in [9.17, 15) is 0 Å². The molecule has 0 saturated carbocycles. The maximum atomic E-state index is 5.60. The van der Waals surface area contributed by atoms with Crippen molar-refractivity contribution < 1.29 is 0 Å². The SMILES string of the molecule is Nc1cc2n(n1)C=C1N=CCN1C=C2. The molecular weight excluding hydrogens is 178 g/mol. The fraction of sp³-hybridized carbons (Fsp3) is 0.111. The lowest BCUT2D eigenvalue weighted by atomic mass is 10.4. The maximum Gasteiger partial charge on any atom is 0.151 e. The molecule has 0 spiro atoms. The molecule has 3 heterocycles. The summed E-state index contributed by atoms with van der Waals surface area (Å²) in [6.07, 6.45) is 7.70. The van der Waals surface area contributed by atoms with Crippen LogP contribution in [0.5, 0.6) is 0 Å². The predicted molar refractivity (Wildman–Crippen MR) is 55.1 cm³/mol. The number of nitrogens with zero attached hydrogens (tertiary/aromatic N) is 4. The summed E-state index contributed by atoms with van der Waals surface area (Å²) >= 11 is 0. The predicted octanol–water partition coefficient (Wildman–Crippen LogP) is 0.592. The molecule has 2 N–H and O–H groups in total. The Morgan fingerprint density at radius 1 is 1.43 bits per heavy atom. The van der Waals surface area contributed by atoms with E-state index in [4.69, 9.17) is 5.73 Å². The van der Waals surface area contributed by atoms with E-state index in [0.29, 0.717) is 5.82 Å². The van der Waals surface area contributed by atoms with Gasteiger partial charge in [0.05, 0.1) is 18.4 Å². The number of aliphatic imine (C=N–C) groups is 1. The molecule has 3 rings (SSSR count). The summed E-state index contributed by atoms with van der Waals surface area (Å²) in [5.41, 5.74) is 6.57. The van der Waals surface area contributed by atoms with Gasteiger partial charge in [-0.25, -0.2) is 9.67 Å². The van der Waals surface area contributed by atoms with E-state index < -0.39 is 0 Å². The Hall–Kier alpha value is -2.04. The molecule has 1 aromatic heterocycles. The molecule has 5 heteroatoms. The van der Waals surface area contributed by atoms with Crippen molar-refractivity contribution in [1.82, 2.24) is 14.7 Å². The van der Waals surface area contributed by atoms with Crippen molar-refractivity contribution in [2.24, 2.45) is 4.99 Å². The number of anilines is 1. The second-order valence-corrected chi connectivity index (χ2v) is 3.21. The van der Waals surface area contributed by atoms with Crippen LogP contribution in [0.1, 0.15) is 5.69 Å². The average molecular weight is 187 g/mol. The van der Waals surface area contributed by atoms with Crippen LogP contribution < -0.4 is 5.73 Å². The number of nitrogen functional groups attached to an aromatic ring is 1. The molecule has 0 radical (unpaired) electrons. The zero-order valence-corrected chi connectivity index (χ0v) is 7.46. The van der Waals surface area contributed by atoms with Gasteiger partial charge in [0.25, 0.3) is 0 Å². The number of fused-ring (bicyclic) bond motifs is 2. The van der Waals surface area contributed by atoms with Crippen molar-refractivity contribution in [3.8, 4) is 0 Å². The van der Waals surface area contributed by atoms with Gasteiger partial charge in [-0.3, -0.25) is 0 Å². The molecule has 0 fully saturated rings. The molecular formula is C9H9N5. The Morgan fingerprint density at radius 3 is 3.29 bits per heavy atom. The number of aromatic nitrogens is 2. The van der Waals surface area contributed by atoms with Gasteiger partial charge in [-0.15, -0.1) is 0 Å². The Balaban J connectivity index is 2.17. The third-order valence-corrected chi connectivity index (χ3v) is 2.24. The monoisotopic (exact) mass is 187 g/mol. The molecule has 1 aromatic rings. The highest BCUT2D eigenvalue weighted by Gasteiger charge is 2.14. The van der Waals surface area contributed by atoms with Gasteiger partial charge in [-0.1, -0.05) is 0 Å². The summed E-state index contributed by atoms with van der Waals surface area (Å²) in [5, 5.41) is 4.14. The summed E-state index contributed by atoms with van der Waals surface area (Å²) in [4.78, 5) is 6.28. The summed E-state index contributed by atoms with van der Waals surface area (Å²) in [6, 6.07) is 1.83. The van der Waals surface area contributed by atoms with E-state index in [1.807, 2.05) is 35.7 Å². The van der Waals surface area contributed by atoms with Crippen molar-refractivity contribution >= 4 is 24.3 Å². The molecule has 5 nitrogen and oxygen atoms in total. The summed E-state index contributed by atoms with van der Waals surface area (Å²) < 4.78 is 1.74. The number of rotatable bonds is 0. The molecule has 14 heavy (non-hydrogen) atoms. The lowest BCUT2D eigenvalue weighted by Crippen LogP contribution is -2.10. The first-order valence-electron chi connectivity index (χ1n) is 4.37. The zero-order chi connectivity index (χ0) is 9.54. The molecule has 0 unspecified atom stereocenters. The molecule has 0 aromatic carbocycles. The zero-order valence-electron chi connectivity index (χ0n) is 7.46. The highest BCUT2D eigenvalue weighted by atomic mass is 15.3. The van der Waals surface area contributed by atoms with Gasteiger partial charge < -0.3 is 10.6 Å². The molecule has 2 aliphatic heterocycles. The van der Waals surface area contributed by atoms with Crippen molar-refractivity contribution in [3.63, 3.8) is 0 Å². The minimum atomic E-state index is 0.525. The van der Waals surface area contributed by atoms with E-state index in [2.05, 4.69) is 10.1 Å². The molecule has 2 aliphatic rings. The largest absolute Gasteiger partial charge is 0.382 e. The maximum absolute atomic E-state index is 5.60. The molecule has 0 atom stereocenters. The van der Waals surface area contributed by atoms with E-state index in [1.54, 1.807) is 4.68 Å². The van der Waals surface area contributed by atoms with Gasteiger partial charge >= 0.3 is 0 Å². The van der Waals surface area contributed by atoms with Gasteiger partial charge in [-0.05, 0) is 6.08 Å². The van der Waals surface area contributed by atoms with E-state index in [-0.39, 0.29) is 0 Å². The lowest BCUT2D eigenvalue weighted by Gasteiger charge is -2.09. The van der Waals surface area contributed by atoms with Crippen LogP contribution in [-0.2, 0) is 0 Å². The summed E-state index contributed by atoms with van der Waals surface area (Å²) in [5.74, 6) is 1.42. The Kier molecular flexibility index (Phi) is 1.30. The summed E-state index contributed by atoms with van der Waals surface area (Å²) in [7, 11) is 0. The van der Waals surface area contributed by atoms with Crippen LogP contribution in [0.4, 0.5) is 5.82 Å². The average Bonchev–Trinajstić information content (AvgIpc) is 2.69. The van der Waals surface area contributed by atoms with Gasteiger partial charge in [0.2, 0.25) is 0 Å². The number of hydrogen-bond acceptors (Lipinski definition) is 4. The van der Waals surface area contributed by atoms with Crippen molar-refractivity contribution in [3.05, 3.63) is 23.8 Å². The third-order valence-electron chi connectivity index (χ3n) is 2.24. The Labute approximate surface area is 80.8 Å². The number of nitrogens with two attached hydrogens (primary N) is 1. The number of hydrogen-bond donors (Lipinski definition) is 1. The molecule has 0 aliphatic carbocycles. The highest BCUT2D eigenvalue weighted by molar-refractivity contribution is 5.68. The van der Waals surface area contributed by atoms with Crippen LogP contribution in [0.2, 0.25) is 0 Å². The first-order valence-corrected chi connectivity index (χ1v) is 4.37. The van der Waals surface area contributed by atoms with Crippen molar-refractivity contribution in [1.29, 1.82) is 0 Å². The van der Waals surface area contributed by atoms with Crippen LogP contribution in [0.15, 0.2) is 23.1 Å². The quantitative estimate of drug-likeness (QED) is 0.646. The normalized spacial score (nSPS) is 17.7. The third kappa shape index (κ3) is 0.953. The lowest BCUT2D eigenvalue weighted by molar-refractivity contribution is 0.561. The van der Waals surface area contributed by atoms with Crippen molar-refractivity contribution in [2.45, 2.75) is 0 Å². The van der Waals surface area contributed by atoms with Gasteiger partial charge in [-0.2, -0.15) is 5.10 Å². The van der Waals surface area contributed by atoms with Crippen LogP contribution in [-0.4, -0.2) is 27.4 Å². The molecule has 0 saturated heterocycles. The van der Waals surface area contributed by atoms with E-state index in [1.165, 1.54) is 0 Å². The van der Waals surface area contributed by atoms with E-state index >= 15 is 0 Å². The molecule has 0 bridgehead atoms. The Morgan fingerprint density at radius 2 is 2.36 bits per heavy atom. The van der Waals surface area contributed by atoms with Crippen molar-refractivity contribution in [2.75, 3.05) is 12.3 Å². The van der Waals surface area contributed by atoms with Gasteiger partial charge in [0, 0.05) is 18.5 Å². The van der Waals surface area contributed by atoms with Crippen LogP contribution in [0.3, 0.4) is 0 Å². The van der Waals surface area contributed by atoms with Crippen LogP contribution in [0, 0.1) is 0 Å². The topological polar surface area (TPSA) is 59.4 Å².